The molecule has 1 aliphatic carbocycles. The summed E-state index contributed by atoms with van der Waals surface area (Å²) >= 11 is 0. The SMILES string of the molecule is CC1(C)c2ccccc2-c2ccc(-c3c4ccncc4c(-c4ccc5ccccc5c4)c4ccc(-c5ccc6ccccc6c5)cc34)cc21. The lowest BCUT2D eigenvalue weighted by molar-refractivity contribution is 0.660. The predicted octanol–water partition coefficient (Wildman–Crippen LogP) is 13.0. The molecule has 1 heterocycles. The van der Waals surface area contributed by atoms with Gasteiger partial charge in [-0.3, -0.25) is 4.98 Å². The van der Waals surface area contributed by atoms with E-state index >= 15 is 0 Å². The molecule has 1 heteroatoms. The fourth-order valence-electron chi connectivity index (χ4n) is 8.45. The van der Waals surface area contributed by atoms with Crippen LogP contribution in [0.1, 0.15) is 25.0 Å². The highest BCUT2D eigenvalue weighted by Gasteiger charge is 2.35. The van der Waals surface area contributed by atoms with Crippen molar-refractivity contribution >= 4 is 43.1 Å². The molecule has 0 fully saturated rings. The fourth-order valence-corrected chi connectivity index (χ4v) is 8.45. The zero-order chi connectivity index (χ0) is 32.7. The molecule has 0 bridgehead atoms. The summed E-state index contributed by atoms with van der Waals surface area (Å²) in [6.07, 6.45) is 4.01. The summed E-state index contributed by atoms with van der Waals surface area (Å²) in [4.78, 5) is 4.71. The van der Waals surface area contributed by atoms with Gasteiger partial charge in [0.05, 0.1) is 0 Å². The summed E-state index contributed by atoms with van der Waals surface area (Å²) in [6, 6.07) is 56.2. The van der Waals surface area contributed by atoms with E-state index in [1.165, 1.54) is 98.7 Å². The molecule has 10 rings (SSSR count). The van der Waals surface area contributed by atoms with Crippen molar-refractivity contribution in [3.05, 3.63) is 175 Å². The van der Waals surface area contributed by atoms with Crippen molar-refractivity contribution in [2.75, 3.05) is 0 Å². The normalized spacial score (nSPS) is 13.3. The van der Waals surface area contributed by atoms with Crippen molar-refractivity contribution in [2.24, 2.45) is 0 Å². The van der Waals surface area contributed by atoms with Crippen LogP contribution in [0.2, 0.25) is 0 Å². The molecular formula is C48H33N. The fraction of sp³-hybridized carbons (Fsp3) is 0.0625. The lowest BCUT2D eigenvalue weighted by Crippen LogP contribution is -2.14. The van der Waals surface area contributed by atoms with Gasteiger partial charge >= 0.3 is 0 Å². The van der Waals surface area contributed by atoms with Gasteiger partial charge in [-0.25, -0.2) is 0 Å². The van der Waals surface area contributed by atoms with E-state index in [0.29, 0.717) is 0 Å². The van der Waals surface area contributed by atoms with Gasteiger partial charge in [0, 0.05) is 23.2 Å². The number of fused-ring (bicyclic) bond motifs is 7. The van der Waals surface area contributed by atoms with E-state index in [-0.39, 0.29) is 5.41 Å². The molecule has 0 N–H and O–H groups in total. The predicted molar refractivity (Wildman–Crippen MR) is 208 cm³/mol. The zero-order valence-electron chi connectivity index (χ0n) is 27.5. The van der Waals surface area contributed by atoms with Crippen LogP contribution in [0.5, 0.6) is 0 Å². The first kappa shape index (κ1) is 28.0. The van der Waals surface area contributed by atoms with E-state index in [2.05, 4.69) is 172 Å². The van der Waals surface area contributed by atoms with Crippen LogP contribution in [-0.4, -0.2) is 4.98 Å². The maximum atomic E-state index is 4.71. The molecule has 9 aromatic rings. The Hall–Kier alpha value is -6.05. The van der Waals surface area contributed by atoms with Gasteiger partial charge in [-0.1, -0.05) is 135 Å². The maximum absolute atomic E-state index is 4.71. The van der Waals surface area contributed by atoms with Crippen molar-refractivity contribution in [3.8, 4) is 44.5 Å². The van der Waals surface area contributed by atoms with Crippen molar-refractivity contribution in [2.45, 2.75) is 19.3 Å². The third-order valence-electron chi connectivity index (χ3n) is 10.9. The van der Waals surface area contributed by atoms with Gasteiger partial charge in [0.25, 0.3) is 0 Å². The second-order valence-electron chi connectivity index (χ2n) is 14.0. The van der Waals surface area contributed by atoms with E-state index in [1.54, 1.807) is 0 Å². The van der Waals surface area contributed by atoms with Crippen molar-refractivity contribution in [1.29, 1.82) is 0 Å². The average molecular weight is 624 g/mol. The van der Waals surface area contributed by atoms with E-state index in [1.807, 2.05) is 6.20 Å². The molecule has 0 amide bonds. The highest BCUT2D eigenvalue weighted by atomic mass is 14.6. The van der Waals surface area contributed by atoms with Crippen LogP contribution in [0.15, 0.2) is 164 Å². The van der Waals surface area contributed by atoms with Crippen LogP contribution in [-0.2, 0) is 5.41 Å². The molecular weight excluding hydrogens is 591 g/mol. The van der Waals surface area contributed by atoms with E-state index in [9.17, 15) is 0 Å². The number of hydrogen-bond donors (Lipinski definition) is 0. The smallest absolute Gasteiger partial charge is 0.0353 e. The van der Waals surface area contributed by atoms with Crippen LogP contribution < -0.4 is 0 Å². The monoisotopic (exact) mass is 623 g/mol. The Morgan fingerprint density at radius 2 is 0.939 bits per heavy atom. The van der Waals surface area contributed by atoms with Crippen LogP contribution in [0.4, 0.5) is 0 Å². The third-order valence-corrected chi connectivity index (χ3v) is 10.9. The summed E-state index contributed by atoms with van der Waals surface area (Å²) in [6.45, 7) is 4.73. The average Bonchev–Trinajstić information content (AvgIpc) is 3.38. The Bertz CT molecular complexity index is 2800. The second-order valence-corrected chi connectivity index (χ2v) is 14.0. The van der Waals surface area contributed by atoms with E-state index < -0.39 is 0 Å². The minimum absolute atomic E-state index is 0.0869. The van der Waals surface area contributed by atoms with Gasteiger partial charge in [0.2, 0.25) is 0 Å². The van der Waals surface area contributed by atoms with Gasteiger partial charge in [-0.05, 0) is 124 Å². The van der Waals surface area contributed by atoms with Gasteiger partial charge in [0.1, 0.15) is 0 Å². The first-order valence-electron chi connectivity index (χ1n) is 17.1. The van der Waals surface area contributed by atoms with Crippen molar-refractivity contribution in [3.63, 3.8) is 0 Å². The summed E-state index contributed by atoms with van der Waals surface area (Å²) in [7, 11) is 0. The van der Waals surface area contributed by atoms with Gasteiger partial charge in [-0.2, -0.15) is 0 Å². The summed E-state index contributed by atoms with van der Waals surface area (Å²) in [5.41, 5.74) is 12.7. The first-order valence-corrected chi connectivity index (χ1v) is 17.1. The van der Waals surface area contributed by atoms with Crippen LogP contribution in [0, 0.1) is 0 Å². The van der Waals surface area contributed by atoms with Crippen molar-refractivity contribution < 1.29 is 0 Å². The number of aromatic nitrogens is 1. The molecule has 1 aliphatic rings. The highest BCUT2D eigenvalue weighted by Crippen LogP contribution is 2.51. The molecule has 49 heavy (non-hydrogen) atoms. The molecule has 0 aliphatic heterocycles. The van der Waals surface area contributed by atoms with E-state index in [0.717, 1.165) is 0 Å². The molecule has 0 saturated heterocycles. The van der Waals surface area contributed by atoms with Gasteiger partial charge in [0.15, 0.2) is 0 Å². The molecule has 230 valence electrons. The standard InChI is InChI=1S/C48H33N/c1-48(2)44-14-8-7-13-38(44)39-21-20-37(28-45(39)48)46-41-23-24-49-29-43(41)47(36-18-16-31-10-4-6-12-33(31)26-36)40-22-19-35(27-42(40)46)34-17-15-30-9-3-5-11-32(30)25-34/h3-29H,1-2H3. The lowest BCUT2D eigenvalue weighted by Gasteiger charge is -2.23. The quantitative estimate of drug-likeness (QED) is 0.178. The number of nitrogens with zero attached hydrogens (tertiary/aromatic N) is 1. The van der Waals surface area contributed by atoms with Crippen LogP contribution in [0.3, 0.4) is 0 Å². The first-order chi connectivity index (χ1) is 24.0. The maximum Gasteiger partial charge on any atom is 0.0353 e. The van der Waals surface area contributed by atoms with Crippen LogP contribution >= 0.6 is 0 Å². The summed E-state index contributed by atoms with van der Waals surface area (Å²) < 4.78 is 0. The van der Waals surface area contributed by atoms with E-state index in [4.69, 9.17) is 4.98 Å². The van der Waals surface area contributed by atoms with Crippen molar-refractivity contribution in [1.82, 2.24) is 4.98 Å². The van der Waals surface area contributed by atoms with Gasteiger partial charge in [-0.15, -0.1) is 0 Å². The Kier molecular flexibility index (Phi) is 5.99. The molecule has 0 radical (unpaired) electrons. The number of pyridine rings is 1. The minimum atomic E-state index is -0.0869. The number of hydrogen-bond acceptors (Lipinski definition) is 1. The Morgan fingerprint density at radius 1 is 0.388 bits per heavy atom. The molecule has 1 nitrogen and oxygen atoms in total. The largest absolute Gasteiger partial charge is 0.264 e. The van der Waals surface area contributed by atoms with Gasteiger partial charge < -0.3 is 0 Å². The molecule has 0 unspecified atom stereocenters. The minimum Gasteiger partial charge on any atom is -0.264 e. The number of rotatable bonds is 3. The molecule has 1 aromatic heterocycles. The second kappa shape index (κ2) is 10.5. The summed E-state index contributed by atoms with van der Waals surface area (Å²) in [5, 5.41) is 9.86. The topological polar surface area (TPSA) is 12.9 Å². The van der Waals surface area contributed by atoms with Crippen LogP contribution in [0.25, 0.3) is 87.6 Å². The Labute approximate surface area is 286 Å². The lowest BCUT2D eigenvalue weighted by atomic mass is 9.80. The molecule has 0 spiro atoms. The summed E-state index contributed by atoms with van der Waals surface area (Å²) in [5.74, 6) is 0. The molecule has 0 saturated carbocycles. The number of benzene rings is 8. The molecule has 0 atom stereocenters. The Morgan fingerprint density at radius 3 is 1.73 bits per heavy atom. The zero-order valence-corrected chi connectivity index (χ0v) is 27.5. The third kappa shape index (κ3) is 4.22. The molecule has 8 aromatic carbocycles. The highest BCUT2D eigenvalue weighted by molar-refractivity contribution is 6.22. The Balaban J connectivity index is 1.29.